The molecule has 0 aliphatic heterocycles. The highest BCUT2D eigenvalue weighted by Crippen LogP contribution is 2.35. The number of hydrogen-bond acceptors (Lipinski definition) is 5. The number of aliphatic hydroxyl groups is 1. The molecule has 0 aromatic carbocycles. The van der Waals surface area contributed by atoms with Crippen LogP contribution in [-0.4, -0.2) is 22.7 Å². The normalized spacial score (nSPS) is 13.0. The van der Waals surface area contributed by atoms with Crippen LogP contribution in [0.1, 0.15) is 35.5 Å². The quantitative estimate of drug-likeness (QED) is 0.777. The lowest BCUT2D eigenvalue weighted by Crippen LogP contribution is -2.41. The Morgan fingerprint density at radius 2 is 2.18 bits per heavy atom. The molecule has 2 aromatic heterocycles. The predicted molar refractivity (Wildman–Crippen MR) is 91.7 cm³/mol. The number of rotatable bonds is 5. The second kappa shape index (κ2) is 6.76. The number of aliphatic hydroxyl groups excluding tert-OH is 1. The zero-order valence-corrected chi connectivity index (χ0v) is 14.8. The zero-order chi connectivity index (χ0) is 16.3. The van der Waals surface area contributed by atoms with Crippen molar-refractivity contribution in [2.75, 3.05) is 11.9 Å². The largest absolute Gasteiger partial charge is 0.396 e. The smallest absolute Gasteiger partial charge is 0.320 e. The molecule has 7 heteroatoms. The van der Waals surface area contributed by atoms with Crippen LogP contribution in [0.4, 0.5) is 9.80 Å². The van der Waals surface area contributed by atoms with Crippen molar-refractivity contribution in [1.29, 1.82) is 0 Å². The van der Waals surface area contributed by atoms with Gasteiger partial charge in [0, 0.05) is 10.3 Å². The highest BCUT2D eigenvalue weighted by molar-refractivity contribution is 7.16. The van der Waals surface area contributed by atoms with Gasteiger partial charge in [-0.2, -0.15) is 0 Å². The third kappa shape index (κ3) is 3.85. The number of hydrogen-bond donors (Lipinski definition) is 3. The number of nitrogens with one attached hydrogen (secondary N) is 2. The van der Waals surface area contributed by atoms with E-state index in [1.54, 1.807) is 11.3 Å². The topological polar surface area (TPSA) is 74.2 Å². The number of aromatic nitrogens is 1. The van der Waals surface area contributed by atoms with E-state index in [1.165, 1.54) is 11.3 Å². The Balaban J connectivity index is 2.14. The van der Waals surface area contributed by atoms with Gasteiger partial charge >= 0.3 is 6.03 Å². The number of thiophene rings is 1. The monoisotopic (exact) mass is 339 g/mol. The number of carbonyl (C=O) groups excluding carboxylic acids is 1. The summed E-state index contributed by atoms with van der Waals surface area (Å²) in [7, 11) is 0. The van der Waals surface area contributed by atoms with Gasteiger partial charge in [-0.05, 0) is 25.3 Å². The second-order valence-electron chi connectivity index (χ2n) is 5.84. The van der Waals surface area contributed by atoms with Crippen molar-refractivity contribution < 1.29 is 9.90 Å². The Kier molecular flexibility index (Phi) is 5.20. The van der Waals surface area contributed by atoms with Gasteiger partial charge in [-0.3, -0.25) is 5.32 Å². The lowest BCUT2D eigenvalue weighted by molar-refractivity contribution is 0.121. The van der Waals surface area contributed by atoms with Crippen molar-refractivity contribution in [3.63, 3.8) is 0 Å². The lowest BCUT2D eigenvalue weighted by atomic mass is 9.84. The molecule has 0 bridgehead atoms. The molecule has 0 spiro atoms. The molecule has 0 saturated carbocycles. The Morgan fingerprint density at radius 1 is 1.45 bits per heavy atom. The van der Waals surface area contributed by atoms with E-state index in [-0.39, 0.29) is 18.7 Å². The van der Waals surface area contributed by atoms with Crippen LogP contribution in [0.15, 0.2) is 17.5 Å². The number of amides is 2. The van der Waals surface area contributed by atoms with Crippen molar-refractivity contribution in [3.05, 3.63) is 33.1 Å². The fourth-order valence-corrected chi connectivity index (χ4v) is 3.92. The maximum absolute atomic E-state index is 12.3. The van der Waals surface area contributed by atoms with Crippen molar-refractivity contribution in [2.45, 2.75) is 33.7 Å². The van der Waals surface area contributed by atoms with Crippen molar-refractivity contribution in [3.8, 4) is 0 Å². The van der Waals surface area contributed by atoms with E-state index in [2.05, 4.69) is 15.6 Å². The van der Waals surface area contributed by atoms with Gasteiger partial charge in [-0.15, -0.1) is 22.7 Å². The summed E-state index contributed by atoms with van der Waals surface area (Å²) in [4.78, 5) is 17.6. The molecule has 0 radical (unpaired) electrons. The van der Waals surface area contributed by atoms with Gasteiger partial charge in [0.2, 0.25) is 0 Å². The summed E-state index contributed by atoms with van der Waals surface area (Å²) in [5.41, 5.74) is 0.354. The standard InChI is InChI=1S/C15H21N3O2S2/c1-9-13(22-10(2)16-9)18-14(20)17-12(15(3,4)8-19)11-6-5-7-21-11/h5-7,12,19H,8H2,1-4H3,(H2,17,18,20). The van der Waals surface area contributed by atoms with Gasteiger partial charge < -0.3 is 10.4 Å². The molecule has 2 heterocycles. The molecule has 2 rings (SSSR count). The minimum Gasteiger partial charge on any atom is -0.396 e. The minimum atomic E-state index is -0.457. The minimum absolute atomic E-state index is 0.0193. The maximum Gasteiger partial charge on any atom is 0.320 e. The van der Waals surface area contributed by atoms with E-state index in [0.717, 1.165) is 20.6 Å². The highest BCUT2D eigenvalue weighted by atomic mass is 32.1. The average molecular weight is 339 g/mol. The van der Waals surface area contributed by atoms with Gasteiger partial charge in [-0.25, -0.2) is 9.78 Å². The van der Waals surface area contributed by atoms with Crippen LogP contribution < -0.4 is 10.6 Å². The van der Waals surface area contributed by atoms with Crippen molar-refractivity contribution in [2.24, 2.45) is 5.41 Å². The Hall–Kier alpha value is -1.44. The number of urea groups is 1. The van der Waals surface area contributed by atoms with E-state index < -0.39 is 5.41 Å². The summed E-state index contributed by atoms with van der Waals surface area (Å²) >= 11 is 3.02. The fraction of sp³-hybridized carbons (Fsp3) is 0.467. The molecule has 2 aromatic rings. The Labute approximate surface area is 138 Å². The molecule has 5 nitrogen and oxygen atoms in total. The first-order chi connectivity index (χ1) is 10.3. The molecule has 1 unspecified atom stereocenters. The first kappa shape index (κ1) is 16.9. The van der Waals surface area contributed by atoms with Crippen LogP contribution in [0.3, 0.4) is 0 Å². The van der Waals surface area contributed by atoms with Crippen LogP contribution in [0.25, 0.3) is 0 Å². The molecule has 120 valence electrons. The Bertz CT molecular complexity index is 635. The average Bonchev–Trinajstić information content (AvgIpc) is 3.06. The van der Waals surface area contributed by atoms with E-state index in [4.69, 9.17) is 0 Å². The molecular formula is C15H21N3O2S2. The number of aryl methyl sites for hydroxylation is 2. The van der Waals surface area contributed by atoms with E-state index in [0.29, 0.717) is 0 Å². The third-order valence-electron chi connectivity index (χ3n) is 3.42. The molecule has 1 atom stereocenters. The molecular weight excluding hydrogens is 318 g/mol. The maximum atomic E-state index is 12.3. The van der Waals surface area contributed by atoms with Crippen LogP contribution >= 0.6 is 22.7 Å². The molecule has 3 N–H and O–H groups in total. The van der Waals surface area contributed by atoms with Crippen LogP contribution in [-0.2, 0) is 0 Å². The fourth-order valence-electron chi connectivity index (χ4n) is 2.12. The molecule has 0 aliphatic carbocycles. The second-order valence-corrected chi connectivity index (χ2v) is 8.02. The summed E-state index contributed by atoms with van der Waals surface area (Å²) in [6.45, 7) is 7.62. The molecule has 0 aliphatic rings. The highest BCUT2D eigenvalue weighted by Gasteiger charge is 2.32. The molecule has 0 fully saturated rings. The van der Waals surface area contributed by atoms with Gasteiger partial charge in [0.1, 0.15) is 5.00 Å². The van der Waals surface area contributed by atoms with Gasteiger partial charge in [-0.1, -0.05) is 19.9 Å². The first-order valence-corrected chi connectivity index (χ1v) is 8.69. The summed E-state index contributed by atoms with van der Waals surface area (Å²) < 4.78 is 0. The van der Waals surface area contributed by atoms with Crippen LogP contribution in [0, 0.1) is 19.3 Å². The zero-order valence-electron chi connectivity index (χ0n) is 13.1. The van der Waals surface area contributed by atoms with Gasteiger partial charge in [0.25, 0.3) is 0 Å². The van der Waals surface area contributed by atoms with E-state index in [1.807, 2.05) is 45.2 Å². The molecule has 22 heavy (non-hydrogen) atoms. The summed E-state index contributed by atoms with van der Waals surface area (Å²) in [6.07, 6.45) is 0. The summed E-state index contributed by atoms with van der Waals surface area (Å²) in [5.74, 6) is 0. The van der Waals surface area contributed by atoms with Crippen molar-refractivity contribution in [1.82, 2.24) is 10.3 Å². The van der Waals surface area contributed by atoms with Crippen molar-refractivity contribution >= 4 is 33.7 Å². The van der Waals surface area contributed by atoms with E-state index in [9.17, 15) is 9.90 Å². The number of anilines is 1. The number of nitrogens with zero attached hydrogens (tertiary/aromatic N) is 1. The van der Waals surface area contributed by atoms with Gasteiger partial charge in [0.05, 0.1) is 23.4 Å². The first-order valence-electron chi connectivity index (χ1n) is 6.99. The summed E-state index contributed by atoms with van der Waals surface area (Å²) in [5, 5.41) is 19.1. The lowest BCUT2D eigenvalue weighted by Gasteiger charge is -2.32. The number of carbonyl (C=O) groups is 1. The SMILES string of the molecule is Cc1nc(C)c(NC(=O)NC(c2cccs2)C(C)(C)CO)s1. The van der Waals surface area contributed by atoms with Crippen LogP contribution in [0.2, 0.25) is 0 Å². The van der Waals surface area contributed by atoms with Crippen LogP contribution in [0.5, 0.6) is 0 Å². The van der Waals surface area contributed by atoms with Gasteiger partial charge in [0.15, 0.2) is 0 Å². The van der Waals surface area contributed by atoms with E-state index >= 15 is 0 Å². The summed E-state index contributed by atoms with van der Waals surface area (Å²) in [6, 6.07) is 3.37. The third-order valence-corrected chi connectivity index (χ3v) is 5.35. The number of thiazole rings is 1. The predicted octanol–water partition coefficient (Wildman–Crippen LogP) is 3.70. The Morgan fingerprint density at radius 3 is 2.68 bits per heavy atom. The molecule has 2 amide bonds. The molecule has 0 saturated heterocycles.